The summed E-state index contributed by atoms with van der Waals surface area (Å²) in [4.78, 5) is 13.0. The molecule has 0 radical (unpaired) electrons. The maximum absolute atomic E-state index is 13.3. The lowest BCUT2D eigenvalue weighted by Crippen LogP contribution is -2.53. The molecule has 0 amide bonds. The molecule has 29 heavy (non-hydrogen) atoms. The molecule has 1 saturated carbocycles. The van der Waals surface area contributed by atoms with Crippen molar-refractivity contribution in [3.05, 3.63) is 35.5 Å². The molecule has 2 N–H and O–H groups in total. The van der Waals surface area contributed by atoms with Crippen LogP contribution in [0.15, 0.2) is 18.2 Å². The van der Waals surface area contributed by atoms with Gasteiger partial charge in [-0.05, 0) is 26.0 Å². The zero-order valence-corrected chi connectivity index (χ0v) is 16.9. The smallest absolute Gasteiger partial charge is 0.225 e. The van der Waals surface area contributed by atoms with Gasteiger partial charge in [0.15, 0.2) is 17.5 Å². The van der Waals surface area contributed by atoms with E-state index in [-0.39, 0.29) is 18.2 Å². The molecule has 9 heteroatoms. The number of anilines is 3. The Bertz CT molecular complexity index is 922. The lowest BCUT2D eigenvalue weighted by Gasteiger charge is -2.43. The van der Waals surface area contributed by atoms with E-state index in [9.17, 15) is 13.9 Å². The highest BCUT2D eigenvalue weighted by atomic mass is 19.2. The molecule has 1 aliphatic carbocycles. The van der Waals surface area contributed by atoms with E-state index in [2.05, 4.69) is 15.3 Å². The van der Waals surface area contributed by atoms with Crippen molar-refractivity contribution in [1.82, 2.24) is 9.97 Å². The lowest BCUT2D eigenvalue weighted by molar-refractivity contribution is 0.107. The third-order valence-corrected chi connectivity index (χ3v) is 5.79. The van der Waals surface area contributed by atoms with E-state index in [0.29, 0.717) is 24.5 Å². The van der Waals surface area contributed by atoms with Crippen LogP contribution in [-0.2, 0) is 0 Å². The maximum atomic E-state index is 13.3. The second-order valence-electron chi connectivity index (χ2n) is 7.81. The van der Waals surface area contributed by atoms with Crippen LogP contribution < -0.4 is 19.9 Å². The summed E-state index contributed by atoms with van der Waals surface area (Å²) in [5.74, 6) is -0.174. The third kappa shape index (κ3) is 3.55. The van der Waals surface area contributed by atoms with Crippen LogP contribution in [0, 0.1) is 18.6 Å². The van der Waals surface area contributed by atoms with Crippen LogP contribution in [0.25, 0.3) is 0 Å². The number of hydrogen-bond donors (Lipinski definition) is 2. The number of nitrogens with one attached hydrogen (secondary N) is 1. The van der Waals surface area contributed by atoms with Gasteiger partial charge in [0, 0.05) is 39.0 Å². The molecule has 1 aliphatic heterocycles. The van der Waals surface area contributed by atoms with Gasteiger partial charge in [-0.15, -0.1) is 0 Å². The SMILES string of the molecule is Cc1nc(NC2CC(Oc3ccc(F)c(F)c3)C2)nc2c1N(C)C(O)[C@H](C)N2C. The van der Waals surface area contributed by atoms with Crippen LogP contribution >= 0.6 is 0 Å². The van der Waals surface area contributed by atoms with E-state index in [1.54, 1.807) is 4.90 Å². The van der Waals surface area contributed by atoms with Gasteiger partial charge in [-0.3, -0.25) is 0 Å². The van der Waals surface area contributed by atoms with Gasteiger partial charge in [0.2, 0.25) is 5.95 Å². The summed E-state index contributed by atoms with van der Waals surface area (Å²) in [5, 5.41) is 13.7. The predicted molar refractivity (Wildman–Crippen MR) is 106 cm³/mol. The number of aromatic nitrogens is 2. The predicted octanol–water partition coefficient (Wildman–Crippen LogP) is 2.68. The van der Waals surface area contributed by atoms with Crippen molar-refractivity contribution in [2.45, 2.75) is 51.1 Å². The number of nitrogens with zero attached hydrogens (tertiary/aromatic N) is 4. The number of aliphatic hydroxyl groups excluding tert-OH is 1. The van der Waals surface area contributed by atoms with Crippen molar-refractivity contribution < 1.29 is 18.6 Å². The molecule has 2 heterocycles. The summed E-state index contributed by atoms with van der Waals surface area (Å²) in [7, 11) is 3.74. The highest BCUT2D eigenvalue weighted by Gasteiger charge is 2.36. The van der Waals surface area contributed by atoms with Gasteiger partial charge >= 0.3 is 0 Å². The van der Waals surface area contributed by atoms with E-state index >= 15 is 0 Å². The molecule has 2 aromatic rings. The number of aliphatic hydroxyl groups is 1. The number of benzene rings is 1. The first-order valence-electron chi connectivity index (χ1n) is 9.65. The van der Waals surface area contributed by atoms with E-state index in [4.69, 9.17) is 4.74 Å². The maximum Gasteiger partial charge on any atom is 0.225 e. The fourth-order valence-electron chi connectivity index (χ4n) is 3.83. The fourth-order valence-corrected chi connectivity index (χ4v) is 3.83. The summed E-state index contributed by atoms with van der Waals surface area (Å²) in [6, 6.07) is 3.59. The lowest BCUT2D eigenvalue weighted by atomic mass is 9.89. The average Bonchev–Trinajstić information content (AvgIpc) is 2.65. The minimum atomic E-state index is -0.914. The average molecular weight is 405 g/mol. The Kier molecular flexibility index (Phi) is 4.94. The zero-order chi connectivity index (χ0) is 20.9. The molecule has 2 atom stereocenters. The summed E-state index contributed by atoms with van der Waals surface area (Å²) in [6.07, 6.45) is 0.724. The van der Waals surface area contributed by atoms with E-state index in [0.717, 1.165) is 29.3 Å². The Morgan fingerprint density at radius 1 is 1.14 bits per heavy atom. The Hall–Kier alpha value is -2.68. The van der Waals surface area contributed by atoms with Gasteiger partial charge < -0.3 is 25.0 Å². The molecule has 0 bridgehead atoms. The molecule has 7 nitrogen and oxygen atoms in total. The van der Waals surface area contributed by atoms with Gasteiger partial charge in [-0.2, -0.15) is 4.98 Å². The summed E-state index contributed by atoms with van der Waals surface area (Å²) >= 11 is 0. The highest BCUT2D eigenvalue weighted by Crippen LogP contribution is 2.37. The number of halogens is 2. The quantitative estimate of drug-likeness (QED) is 0.810. The van der Waals surface area contributed by atoms with Crippen molar-refractivity contribution in [3.8, 4) is 5.75 Å². The first kappa shape index (κ1) is 19.6. The topological polar surface area (TPSA) is 73.8 Å². The first-order valence-corrected chi connectivity index (χ1v) is 9.65. The molecular weight excluding hydrogens is 380 g/mol. The van der Waals surface area contributed by atoms with E-state index in [1.807, 2.05) is 32.8 Å². The molecule has 4 rings (SSSR count). The molecule has 0 spiro atoms. The second-order valence-corrected chi connectivity index (χ2v) is 7.81. The fraction of sp³-hybridized carbons (Fsp3) is 0.500. The molecule has 1 aromatic carbocycles. The Balaban J connectivity index is 1.41. The van der Waals surface area contributed by atoms with Crippen molar-refractivity contribution >= 4 is 17.5 Å². The van der Waals surface area contributed by atoms with Crippen molar-refractivity contribution in [2.75, 3.05) is 29.2 Å². The van der Waals surface area contributed by atoms with Gasteiger partial charge in [0.05, 0.1) is 11.7 Å². The minimum Gasteiger partial charge on any atom is -0.490 e. The molecule has 156 valence electrons. The van der Waals surface area contributed by atoms with Crippen LogP contribution in [0.3, 0.4) is 0 Å². The first-order chi connectivity index (χ1) is 13.7. The molecule has 1 fully saturated rings. The van der Waals surface area contributed by atoms with Gasteiger partial charge in [0.25, 0.3) is 0 Å². The van der Waals surface area contributed by atoms with Crippen molar-refractivity contribution in [2.24, 2.45) is 0 Å². The molecule has 1 unspecified atom stereocenters. The van der Waals surface area contributed by atoms with Crippen LogP contribution in [0.5, 0.6) is 5.75 Å². The zero-order valence-electron chi connectivity index (χ0n) is 16.9. The number of rotatable bonds is 4. The van der Waals surface area contributed by atoms with E-state index in [1.165, 1.54) is 6.07 Å². The largest absolute Gasteiger partial charge is 0.490 e. The number of fused-ring (bicyclic) bond motifs is 1. The Morgan fingerprint density at radius 2 is 1.86 bits per heavy atom. The molecule has 0 saturated heterocycles. The highest BCUT2D eigenvalue weighted by molar-refractivity contribution is 5.73. The van der Waals surface area contributed by atoms with Crippen LogP contribution in [0.2, 0.25) is 0 Å². The van der Waals surface area contributed by atoms with Crippen LogP contribution in [-0.4, -0.2) is 53.6 Å². The number of likely N-dealkylation sites (N-methyl/N-ethyl adjacent to an activating group) is 2. The molecular formula is C20H25F2N5O2. The summed E-state index contributed by atoms with van der Waals surface area (Å²) < 4.78 is 32.0. The van der Waals surface area contributed by atoms with E-state index < -0.39 is 17.9 Å². The van der Waals surface area contributed by atoms with Gasteiger partial charge in [0.1, 0.15) is 23.8 Å². The normalized spacial score (nSPS) is 26.0. The number of aryl methyl sites for hydroxylation is 1. The third-order valence-electron chi connectivity index (χ3n) is 5.79. The Morgan fingerprint density at radius 3 is 2.55 bits per heavy atom. The number of hydrogen-bond acceptors (Lipinski definition) is 7. The standard InChI is InChI=1S/C20H25F2N5O2/c1-10-17-18(26(3)11(2)19(28)27(17)4)25-20(23-10)24-12-7-14(8-12)29-13-5-6-15(21)16(22)9-13/h5-6,9,11-12,14,19,28H,7-8H2,1-4H3,(H,23,24,25)/t11-,12?,14?,19?/m0/s1. The summed E-state index contributed by atoms with van der Waals surface area (Å²) in [6.45, 7) is 3.84. The van der Waals surface area contributed by atoms with Crippen LogP contribution in [0.4, 0.5) is 26.2 Å². The van der Waals surface area contributed by atoms with Crippen LogP contribution in [0.1, 0.15) is 25.5 Å². The van der Waals surface area contributed by atoms with Gasteiger partial charge in [-0.1, -0.05) is 0 Å². The van der Waals surface area contributed by atoms with Crippen molar-refractivity contribution in [1.29, 1.82) is 0 Å². The van der Waals surface area contributed by atoms with Crippen molar-refractivity contribution in [3.63, 3.8) is 0 Å². The monoisotopic (exact) mass is 405 g/mol. The second kappa shape index (κ2) is 7.29. The number of ether oxygens (including phenoxy) is 1. The van der Waals surface area contributed by atoms with Gasteiger partial charge in [-0.25, -0.2) is 13.8 Å². The molecule has 2 aliphatic rings. The summed E-state index contributed by atoms with van der Waals surface area (Å²) in [5.41, 5.74) is 1.60. The minimum absolute atomic E-state index is 0.0694. The Labute approximate surface area is 168 Å². The molecule has 1 aromatic heterocycles.